The van der Waals surface area contributed by atoms with Gasteiger partial charge in [-0.25, -0.2) is 0 Å². The first-order valence-electron chi connectivity index (χ1n) is 5.89. The van der Waals surface area contributed by atoms with E-state index in [1.54, 1.807) is 0 Å². The van der Waals surface area contributed by atoms with Gasteiger partial charge in [-0.05, 0) is 32.7 Å². The molecule has 0 radical (unpaired) electrons. The molecule has 2 rings (SSSR count). The van der Waals surface area contributed by atoms with Crippen molar-refractivity contribution in [3.05, 3.63) is 0 Å². The molecule has 3 nitrogen and oxygen atoms in total. The predicted octanol–water partition coefficient (Wildman–Crippen LogP) is 0.849. The Morgan fingerprint density at radius 3 is 2.93 bits per heavy atom. The maximum atomic E-state index is 5.48. The van der Waals surface area contributed by atoms with E-state index in [1.165, 1.54) is 32.2 Å². The number of hydrogen-bond acceptors (Lipinski definition) is 3. The molecule has 1 aliphatic heterocycles. The molecule has 0 aromatic rings. The van der Waals surface area contributed by atoms with Gasteiger partial charge in [-0.1, -0.05) is 0 Å². The second-order valence-electron chi connectivity index (χ2n) is 4.45. The average Bonchev–Trinajstić information content (AvgIpc) is 2.53. The third-order valence-electron chi connectivity index (χ3n) is 3.59. The highest BCUT2D eigenvalue weighted by Gasteiger charge is 2.28. The van der Waals surface area contributed by atoms with Gasteiger partial charge < -0.3 is 10.1 Å². The van der Waals surface area contributed by atoms with Gasteiger partial charge in [-0.2, -0.15) is 0 Å². The number of ether oxygens (including phenoxy) is 1. The fraction of sp³-hybridized carbons (Fsp3) is 1.00. The van der Waals surface area contributed by atoms with Crippen LogP contribution in [0.25, 0.3) is 0 Å². The first-order chi connectivity index (χ1) is 6.90. The van der Waals surface area contributed by atoms with Crippen molar-refractivity contribution in [3.8, 4) is 0 Å². The van der Waals surface area contributed by atoms with Crippen LogP contribution in [-0.2, 0) is 4.74 Å². The van der Waals surface area contributed by atoms with Crippen molar-refractivity contribution >= 4 is 0 Å². The molecule has 0 aromatic carbocycles. The molecule has 1 saturated heterocycles. The number of hydrogen-bond donors (Lipinski definition) is 1. The van der Waals surface area contributed by atoms with E-state index in [2.05, 4.69) is 17.3 Å². The Kier molecular flexibility index (Phi) is 3.79. The van der Waals surface area contributed by atoms with E-state index in [0.717, 1.165) is 31.8 Å². The maximum Gasteiger partial charge on any atom is 0.0593 e. The Bertz CT molecular complexity index is 167. The SMILES string of the molecule is CNC1CCC(N2CCCOCC2)C1. The second kappa shape index (κ2) is 5.10. The standard InChI is InChI=1S/C11H22N2O/c1-12-10-3-4-11(9-10)13-5-2-7-14-8-6-13/h10-12H,2-9H2,1H3. The van der Waals surface area contributed by atoms with Gasteiger partial charge in [0, 0.05) is 31.8 Å². The largest absolute Gasteiger partial charge is 0.380 e. The van der Waals surface area contributed by atoms with E-state index >= 15 is 0 Å². The van der Waals surface area contributed by atoms with Crippen molar-refractivity contribution in [2.24, 2.45) is 0 Å². The van der Waals surface area contributed by atoms with E-state index < -0.39 is 0 Å². The van der Waals surface area contributed by atoms with Crippen LogP contribution in [0.4, 0.5) is 0 Å². The predicted molar refractivity (Wildman–Crippen MR) is 57.5 cm³/mol. The number of nitrogens with one attached hydrogen (secondary N) is 1. The minimum Gasteiger partial charge on any atom is -0.380 e. The first-order valence-corrected chi connectivity index (χ1v) is 5.89. The Balaban J connectivity index is 1.82. The minimum atomic E-state index is 0.754. The van der Waals surface area contributed by atoms with E-state index in [0.29, 0.717) is 0 Å². The summed E-state index contributed by atoms with van der Waals surface area (Å²) in [5, 5.41) is 3.39. The van der Waals surface area contributed by atoms with Crippen molar-refractivity contribution in [1.29, 1.82) is 0 Å². The van der Waals surface area contributed by atoms with Crippen molar-refractivity contribution in [1.82, 2.24) is 10.2 Å². The van der Waals surface area contributed by atoms with Crippen molar-refractivity contribution in [2.45, 2.75) is 37.8 Å². The number of rotatable bonds is 2. The molecule has 0 bridgehead atoms. The van der Waals surface area contributed by atoms with Gasteiger partial charge in [0.1, 0.15) is 0 Å². The highest BCUT2D eigenvalue weighted by Crippen LogP contribution is 2.24. The van der Waals surface area contributed by atoms with Crippen LogP contribution in [0.15, 0.2) is 0 Å². The van der Waals surface area contributed by atoms with Gasteiger partial charge in [0.05, 0.1) is 6.61 Å². The lowest BCUT2D eigenvalue weighted by Crippen LogP contribution is -2.36. The molecule has 0 spiro atoms. The Labute approximate surface area is 86.8 Å². The fourth-order valence-electron chi connectivity index (χ4n) is 2.68. The van der Waals surface area contributed by atoms with Crippen molar-refractivity contribution in [3.63, 3.8) is 0 Å². The molecular weight excluding hydrogens is 176 g/mol. The highest BCUT2D eigenvalue weighted by molar-refractivity contribution is 4.86. The second-order valence-corrected chi connectivity index (χ2v) is 4.45. The lowest BCUT2D eigenvalue weighted by Gasteiger charge is -2.26. The average molecular weight is 198 g/mol. The van der Waals surface area contributed by atoms with Crippen molar-refractivity contribution < 1.29 is 4.74 Å². The molecule has 1 heterocycles. The van der Waals surface area contributed by atoms with Crippen LogP contribution in [0.1, 0.15) is 25.7 Å². The summed E-state index contributed by atoms with van der Waals surface area (Å²) in [4.78, 5) is 2.63. The molecule has 14 heavy (non-hydrogen) atoms. The van der Waals surface area contributed by atoms with E-state index in [-0.39, 0.29) is 0 Å². The summed E-state index contributed by atoms with van der Waals surface area (Å²) in [6.07, 6.45) is 5.25. The Morgan fingerprint density at radius 1 is 1.21 bits per heavy atom. The molecule has 2 unspecified atom stereocenters. The number of nitrogens with zero attached hydrogens (tertiary/aromatic N) is 1. The van der Waals surface area contributed by atoms with Gasteiger partial charge in [-0.3, -0.25) is 4.90 Å². The summed E-state index contributed by atoms with van der Waals surface area (Å²) in [5.74, 6) is 0. The van der Waals surface area contributed by atoms with Gasteiger partial charge in [-0.15, -0.1) is 0 Å². The zero-order valence-electron chi connectivity index (χ0n) is 9.17. The summed E-state index contributed by atoms with van der Waals surface area (Å²) in [7, 11) is 2.08. The molecular formula is C11H22N2O. The molecule has 1 aliphatic carbocycles. The van der Waals surface area contributed by atoms with Crippen LogP contribution in [0.3, 0.4) is 0 Å². The van der Waals surface area contributed by atoms with Gasteiger partial charge in [0.15, 0.2) is 0 Å². The van der Waals surface area contributed by atoms with Crippen LogP contribution in [-0.4, -0.2) is 50.3 Å². The summed E-state index contributed by atoms with van der Waals surface area (Å²) in [5.41, 5.74) is 0. The molecule has 0 aromatic heterocycles. The normalized spacial score (nSPS) is 35.8. The van der Waals surface area contributed by atoms with Crippen LogP contribution < -0.4 is 5.32 Å². The minimum absolute atomic E-state index is 0.754. The van der Waals surface area contributed by atoms with Crippen LogP contribution in [0.2, 0.25) is 0 Å². The zero-order valence-corrected chi connectivity index (χ0v) is 9.17. The molecule has 2 atom stereocenters. The Hall–Kier alpha value is -0.120. The monoisotopic (exact) mass is 198 g/mol. The third-order valence-corrected chi connectivity index (χ3v) is 3.59. The third kappa shape index (κ3) is 2.47. The lowest BCUT2D eigenvalue weighted by atomic mass is 10.2. The highest BCUT2D eigenvalue weighted by atomic mass is 16.5. The molecule has 1 N–H and O–H groups in total. The van der Waals surface area contributed by atoms with Crippen LogP contribution in [0.5, 0.6) is 0 Å². The summed E-state index contributed by atoms with van der Waals surface area (Å²) < 4.78 is 5.48. The quantitative estimate of drug-likeness (QED) is 0.712. The lowest BCUT2D eigenvalue weighted by molar-refractivity contribution is 0.131. The topological polar surface area (TPSA) is 24.5 Å². The summed E-state index contributed by atoms with van der Waals surface area (Å²) in [6, 6.07) is 1.57. The van der Waals surface area contributed by atoms with E-state index in [9.17, 15) is 0 Å². The van der Waals surface area contributed by atoms with E-state index in [4.69, 9.17) is 4.74 Å². The smallest absolute Gasteiger partial charge is 0.0593 e. The van der Waals surface area contributed by atoms with Gasteiger partial charge in [0.2, 0.25) is 0 Å². The molecule has 82 valence electrons. The molecule has 0 amide bonds. The molecule has 2 aliphatic rings. The van der Waals surface area contributed by atoms with Crippen LogP contribution in [0, 0.1) is 0 Å². The van der Waals surface area contributed by atoms with Gasteiger partial charge in [0.25, 0.3) is 0 Å². The summed E-state index contributed by atoms with van der Waals surface area (Å²) in [6.45, 7) is 4.27. The van der Waals surface area contributed by atoms with E-state index in [1.807, 2.05) is 0 Å². The molecule has 2 fully saturated rings. The fourth-order valence-corrected chi connectivity index (χ4v) is 2.68. The van der Waals surface area contributed by atoms with Gasteiger partial charge >= 0.3 is 0 Å². The Morgan fingerprint density at radius 2 is 2.14 bits per heavy atom. The maximum absolute atomic E-state index is 5.48. The summed E-state index contributed by atoms with van der Waals surface area (Å²) >= 11 is 0. The van der Waals surface area contributed by atoms with Crippen LogP contribution >= 0.6 is 0 Å². The first kappa shape index (κ1) is 10.4. The molecule has 3 heteroatoms. The van der Waals surface area contributed by atoms with Crippen molar-refractivity contribution in [2.75, 3.05) is 33.4 Å². The zero-order chi connectivity index (χ0) is 9.80. The molecule has 1 saturated carbocycles.